The largest absolute Gasteiger partial charge is 0.297 e. The van der Waals surface area contributed by atoms with E-state index in [2.05, 4.69) is 4.90 Å². The zero-order valence-corrected chi connectivity index (χ0v) is 9.26. The van der Waals surface area contributed by atoms with Crippen molar-refractivity contribution in [3.8, 4) is 0 Å². The summed E-state index contributed by atoms with van der Waals surface area (Å²) in [5, 5.41) is 0.739. The molecule has 1 saturated heterocycles. The first-order valence-electron chi connectivity index (χ1n) is 4.08. The second-order valence-corrected chi connectivity index (χ2v) is 4.73. The Morgan fingerprint density at radius 1 is 1.42 bits per heavy atom. The molecule has 0 aromatic heterocycles. The quantitative estimate of drug-likeness (QED) is 0.712. The van der Waals surface area contributed by atoms with E-state index in [0.717, 1.165) is 24.7 Å². The maximum Gasteiger partial charge on any atom is 0.0434 e. The molecule has 0 bridgehead atoms. The number of nitrogens with zero attached hydrogens (tertiary/aromatic N) is 1. The molecular weight excluding hydrogens is 213 g/mol. The molecule has 70 valence electrons. The van der Waals surface area contributed by atoms with Crippen LogP contribution in [0.3, 0.4) is 0 Å². The van der Waals surface area contributed by atoms with E-state index in [1.165, 1.54) is 23.5 Å². The lowest BCUT2D eigenvalue weighted by atomic mass is 10.4. The summed E-state index contributed by atoms with van der Waals surface area (Å²) in [4.78, 5) is 2.35. The van der Waals surface area contributed by atoms with Gasteiger partial charge in [-0.1, -0.05) is 23.2 Å². The lowest BCUT2D eigenvalue weighted by Crippen LogP contribution is -2.27. The first-order valence-corrected chi connectivity index (χ1v) is 6.04. The van der Waals surface area contributed by atoms with E-state index < -0.39 is 0 Å². The Morgan fingerprint density at radius 2 is 2.25 bits per heavy atom. The van der Waals surface area contributed by atoms with Gasteiger partial charge in [0.15, 0.2) is 0 Å². The van der Waals surface area contributed by atoms with Gasteiger partial charge in [0.1, 0.15) is 0 Å². The molecular formula is C8H13Cl2NS. The average Bonchev–Trinajstić information content (AvgIpc) is 2.33. The second-order valence-electron chi connectivity index (χ2n) is 2.80. The molecule has 1 nitrogen and oxygen atoms in total. The molecule has 1 fully saturated rings. The maximum atomic E-state index is 5.83. The van der Waals surface area contributed by atoms with E-state index in [1.54, 1.807) is 0 Å². The van der Waals surface area contributed by atoms with Gasteiger partial charge in [-0.15, -0.1) is 0 Å². The second kappa shape index (κ2) is 6.14. The van der Waals surface area contributed by atoms with Gasteiger partial charge in [-0.2, -0.15) is 11.8 Å². The Hall–Kier alpha value is 0.630. The van der Waals surface area contributed by atoms with Crippen LogP contribution in [0.15, 0.2) is 10.6 Å². The molecule has 0 amide bonds. The minimum atomic E-state index is 0.739. The number of rotatable bonds is 2. The van der Waals surface area contributed by atoms with Gasteiger partial charge in [0, 0.05) is 29.4 Å². The van der Waals surface area contributed by atoms with Crippen LogP contribution in [0.5, 0.6) is 0 Å². The number of hydrogen-bond acceptors (Lipinski definition) is 2. The first kappa shape index (κ1) is 10.7. The standard InChI is InChI=1S/C8H13Cl2NS/c9-6-8(10)7-11-2-1-4-12-5-3-11/h6H,1-5,7H2/b8-6+. The van der Waals surface area contributed by atoms with Crippen molar-refractivity contribution in [1.82, 2.24) is 4.90 Å². The van der Waals surface area contributed by atoms with Crippen LogP contribution in [-0.4, -0.2) is 36.0 Å². The summed E-state index contributed by atoms with van der Waals surface area (Å²) >= 11 is 13.3. The third kappa shape index (κ3) is 4.04. The fraction of sp³-hybridized carbons (Fsp3) is 0.750. The molecule has 1 aliphatic heterocycles. The molecule has 4 heteroatoms. The summed E-state index contributed by atoms with van der Waals surface area (Å²) in [5.41, 5.74) is 1.46. The Morgan fingerprint density at radius 3 is 3.00 bits per heavy atom. The lowest BCUT2D eigenvalue weighted by Gasteiger charge is -2.18. The molecule has 1 heterocycles. The highest BCUT2D eigenvalue weighted by atomic mass is 35.5. The van der Waals surface area contributed by atoms with Crippen molar-refractivity contribution < 1.29 is 0 Å². The van der Waals surface area contributed by atoms with Gasteiger partial charge < -0.3 is 0 Å². The molecule has 0 aliphatic carbocycles. The third-order valence-electron chi connectivity index (χ3n) is 1.81. The zero-order valence-electron chi connectivity index (χ0n) is 6.93. The number of thioether (sulfide) groups is 1. The van der Waals surface area contributed by atoms with E-state index in [1.807, 2.05) is 11.8 Å². The van der Waals surface area contributed by atoms with Crippen molar-refractivity contribution in [2.75, 3.05) is 31.1 Å². The van der Waals surface area contributed by atoms with E-state index >= 15 is 0 Å². The Kier molecular flexibility index (Phi) is 5.48. The average molecular weight is 226 g/mol. The molecule has 0 spiro atoms. The van der Waals surface area contributed by atoms with E-state index in [4.69, 9.17) is 23.2 Å². The molecule has 12 heavy (non-hydrogen) atoms. The van der Waals surface area contributed by atoms with Crippen molar-refractivity contribution >= 4 is 35.0 Å². The highest BCUT2D eigenvalue weighted by molar-refractivity contribution is 7.99. The van der Waals surface area contributed by atoms with Gasteiger partial charge in [-0.3, -0.25) is 4.90 Å². The van der Waals surface area contributed by atoms with Crippen LogP contribution in [0, 0.1) is 0 Å². The number of hydrogen-bond donors (Lipinski definition) is 0. The van der Waals surface area contributed by atoms with E-state index in [0.29, 0.717) is 0 Å². The van der Waals surface area contributed by atoms with Crippen LogP contribution >= 0.6 is 35.0 Å². The van der Waals surface area contributed by atoms with Crippen molar-refractivity contribution in [1.29, 1.82) is 0 Å². The predicted molar refractivity (Wildman–Crippen MR) is 58.2 cm³/mol. The van der Waals surface area contributed by atoms with E-state index in [9.17, 15) is 0 Å². The zero-order chi connectivity index (χ0) is 8.81. The van der Waals surface area contributed by atoms with Crippen LogP contribution < -0.4 is 0 Å². The van der Waals surface area contributed by atoms with Crippen LogP contribution in [0.1, 0.15) is 6.42 Å². The summed E-state index contributed by atoms with van der Waals surface area (Å²) in [6.07, 6.45) is 1.26. The normalized spacial score (nSPS) is 22.3. The molecule has 0 aromatic rings. The van der Waals surface area contributed by atoms with Gasteiger partial charge in [-0.25, -0.2) is 0 Å². The summed E-state index contributed by atoms with van der Waals surface area (Å²) in [5.74, 6) is 2.49. The van der Waals surface area contributed by atoms with Gasteiger partial charge in [-0.05, 0) is 18.7 Å². The smallest absolute Gasteiger partial charge is 0.0434 e. The topological polar surface area (TPSA) is 3.24 Å². The molecule has 0 aromatic carbocycles. The van der Waals surface area contributed by atoms with E-state index in [-0.39, 0.29) is 0 Å². The molecule has 1 rings (SSSR count). The summed E-state index contributed by atoms with van der Waals surface area (Å²) in [6.45, 7) is 3.09. The third-order valence-corrected chi connectivity index (χ3v) is 3.46. The van der Waals surface area contributed by atoms with Crippen LogP contribution in [0.4, 0.5) is 0 Å². The Labute approximate surface area is 88.1 Å². The van der Waals surface area contributed by atoms with Crippen molar-refractivity contribution in [2.45, 2.75) is 6.42 Å². The monoisotopic (exact) mass is 225 g/mol. The molecule has 0 unspecified atom stereocenters. The van der Waals surface area contributed by atoms with Crippen molar-refractivity contribution in [2.24, 2.45) is 0 Å². The fourth-order valence-electron chi connectivity index (χ4n) is 1.20. The van der Waals surface area contributed by atoms with Gasteiger partial charge >= 0.3 is 0 Å². The Bertz CT molecular complexity index is 153. The highest BCUT2D eigenvalue weighted by Crippen LogP contribution is 2.13. The van der Waals surface area contributed by atoms with Crippen LogP contribution in [0.2, 0.25) is 0 Å². The summed E-state index contributed by atoms with van der Waals surface area (Å²) in [7, 11) is 0. The van der Waals surface area contributed by atoms with Gasteiger partial charge in [0.25, 0.3) is 0 Å². The lowest BCUT2D eigenvalue weighted by molar-refractivity contribution is 0.325. The molecule has 0 N–H and O–H groups in total. The Balaban J connectivity index is 2.29. The highest BCUT2D eigenvalue weighted by Gasteiger charge is 2.09. The molecule has 1 aliphatic rings. The summed E-state index contributed by atoms with van der Waals surface area (Å²) < 4.78 is 0. The van der Waals surface area contributed by atoms with Gasteiger partial charge in [0.05, 0.1) is 0 Å². The fourth-order valence-corrected chi connectivity index (χ4v) is 2.37. The van der Waals surface area contributed by atoms with Crippen molar-refractivity contribution in [3.63, 3.8) is 0 Å². The number of halogens is 2. The maximum absolute atomic E-state index is 5.83. The molecule has 0 atom stereocenters. The van der Waals surface area contributed by atoms with Crippen LogP contribution in [0.25, 0.3) is 0 Å². The minimum absolute atomic E-state index is 0.739. The predicted octanol–water partition coefficient (Wildman–Crippen LogP) is 2.74. The summed E-state index contributed by atoms with van der Waals surface area (Å²) in [6, 6.07) is 0. The van der Waals surface area contributed by atoms with Crippen molar-refractivity contribution in [3.05, 3.63) is 10.6 Å². The SMILES string of the molecule is Cl/C=C(/Cl)CN1CCCSCC1. The van der Waals surface area contributed by atoms with Crippen LogP contribution in [-0.2, 0) is 0 Å². The molecule has 0 saturated carbocycles. The van der Waals surface area contributed by atoms with Gasteiger partial charge in [0.2, 0.25) is 0 Å². The first-order chi connectivity index (χ1) is 5.83. The molecule has 0 radical (unpaired) electrons. The minimum Gasteiger partial charge on any atom is -0.297 e.